The lowest BCUT2D eigenvalue weighted by Crippen LogP contribution is -2.51. The number of nitrogens with one attached hydrogen (secondary N) is 1. The highest BCUT2D eigenvalue weighted by molar-refractivity contribution is 8.00. The van der Waals surface area contributed by atoms with Crippen LogP contribution in [-0.4, -0.2) is 23.9 Å². The predicted molar refractivity (Wildman–Crippen MR) is 87.7 cm³/mol. The molecule has 0 aromatic heterocycles. The van der Waals surface area contributed by atoms with E-state index in [1.807, 2.05) is 30.0 Å². The van der Waals surface area contributed by atoms with Crippen molar-refractivity contribution in [2.45, 2.75) is 61.3 Å². The molecule has 0 bridgehead atoms. The maximum atomic E-state index is 9.63. The summed E-state index contributed by atoms with van der Waals surface area (Å²) in [6, 6.07) is 11.0. The molecular formula is C17H24N2OS. The fraction of sp³-hybridized carbons (Fsp3) is 0.588. The Bertz CT molecular complexity index is 512. The van der Waals surface area contributed by atoms with E-state index in [0.717, 1.165) is 31.4 Å². The molecule has 2 atom stereocenters. The number of para-hydroxylation sites is 1. The van der Waals surface area contributed by atoms with E-state index in [1.165, 1.54) is 4.90 Å². The van der Waals surface area contributed by atoms with Crippen LogP contribution >= 0.6 is 11.8 Å². The van der Waals surface area contributed by atoms with Crippen molar-refractivity contribution < 1.29 is 4.74 Å². The van der Waals surface area contributed by atoms with Crippen LogP contribution in [-0.2, 0) is 0 Å². The fourth-order valence-electron chi connectivity index (χ4n) is 3.04. The molecule has 114 valence electrons. The Morgan fingerprint density at radius 2 is 2.19 bits per heavy atom. The molecule has 4 heteroatoms. The van der Waals surface area contributed by atoms with E-state index in [0.29, 0.717) is 11.3 Å². The number of nitrogens with zero attached hydrogens (tertiary/aromatic N) is 1. The molecule has 1 aliphatic carbocycles. The van der Waals surface area contributed by atoms with Gasteiger partial charge in [0.2, 0.25) is 0 Å². The Morgan fingerprint density at radius 1 is 1.43 bits per heavy atom. The van der Waals surface area contributed by atoms with Crippen molar-refractivity contribution in [3.05, 3.63) is 24.3 Å². The molecule has 0 amide bonds. The Morgan fingerprint density at radius 3 is 2.86 bits per heavy atom. The van der Waals surface area contributed by atoms with Gasteiger partial charge in [0, 0.05) is 16.2 Å². The van der Waals surface area contributed by atoms with Crippen LogP contribution in [0.15, 0.2) is 29.2 Å². The molecule has 1 aliphatic rings. The molecule has 3 nitrogen and oxygen atoms in total. The van der Waals surface area contributed by atoms with E-state index >= 15 is 0 Å². The van der Waals surface area contributed by atoms with Crippen LogP contribution < -0.4 is 10.1 Å². The predicted octanol–water partition coefficient (Wildman–Crippen LogP) is 3.99. The Labute approximate surface area is 132 Å². The first-order chi connectivity index (χ1) is 10.1. The largest absolute Gasteiger partial charge is 0.496 e. The molecule has 1 N–H and O–H groups in total. The van der Waals surface area contributed by atoms with Gasteiger partial charge in [-0.05, 0) is 51.7 Å². The zero-order valence-corrected chi connectivity index (χ0v) is 13.9. The molecule has 0 saturated heterocycles. The zero-order chi connectivity index (χ0) is 15.3. The first kappa shape index (κ1) is 16.2. The molecule has 0 radical (unpaired) electrons. The Balaban J connectivity index is 2.09. The molecule has 1 aromatic carbocycles. The van der Waals surface area contributed by atoms with Gasteiger partial charge in [0.15, 0.2) is 0 Å². The molecule has 0 heterocycles. The second-order valence-corrected chi connectivity index (χ2v) is 7.32. The Hall–Kier alpha value is -1.18. The van der Waals surface area contributed by atoms with Crippen LogP contribution in [0.2, 0.25) is 0 Å². The summed E-state index contributed by atoms with van der Waals surface area (Å²) in [6.07, 6.45) is 4.10. The first-order valence-electron chi connectivity index (χ1n) is 7.57. The third kappa shape index (κ3) is 4.15. The van der Waals surface area contributed by atoms with Crippen LogP contribution in [0.5, 0.6) is 5.75 Å². The summed E-state index contributed by atoms with van der Waals surface area (Å²) in [6.45, 7) is 4.21. The van der Waals surface area contributed by atoms with Gasteiger partial charge in [0.05, 0.1) is 13.2 Å². The molecule has 0 aliphatic heterocycles. The molecule has 1 saturated carbocycles. The summed E-state index contributed by atoms with van der Waals surface area (Å²) in [5, 5.41) is 13.6. The molecule has 2 unspecified atom stereocenters. The maximum absolute atomic E-state index is 9.63. The lowest BCUT2D eigenvalue weighted by Gasteiger charge is -2.37. The number of methoxy groups -OCH3 is 1. The van der Waals surface area contributed by atoms with E-state index in [2.05, 4.69) is 31.3 Å². The normalized spacial score (nSPS) is 25.6. The fourth-order valence-corrected chi connectivity index (χ4v) is 4.47. The van der Waals surface area contributed by atoms with Crippen molar-refractivity contribution in [3.63, 3.8) is 0 Å². The zero-order valence-electron chi connectivity index (χ0n) is 13.1. The van der Waals surface area contributed by atoms with Crippen molar-refractivity contribution in [3.8, 4) is 11.8 Å². The van der Waals surface area contributed by atoms with Crippen LogP contribution in [0.4, 0.5) is 0 Å². The molecule has 1 aromatic rings. The summed E-state index contributed by atoms with van der Waals surface area (Å²) in [4.78, 5) is 1.17. The van der Waals surface area contributed by atoms with E-state index in [-0.39, 0.29) is 5.54 Å². The topological polar surface area (TPSA) is 45.0 Å². The lowest BCUT2D eigenvalue weighted by molar-refractivity contribution is 0.284. The summed E-state index contributed by atoms with van der Waals surface area (Å²) in [5.41, 5.74) is -0.369. The number of nitriles is 1. The van der Waals surface area contributed by atoms with E-state index < -0.39 is 0 Å². The van der Waals surface area contributed by atoms with Gasteiger partial charge in [-0.3, -0.25) is 5.32 Å². The molecular weight excluding hydrogens is 280 g/mol. The minimum Gasteiger partial charge on any atom is -0.496 e. The van der Waals surface area contributed by atoms with Crippen LogP contribution in [0.1, 0.15) is 39.5 Å². The van der Waals surface area contributed by atoms with Crippen molar-refractivity contribution in [2.75, 3.05) is 7.11 Å². The molecule has 21 heavy (non-hydrogen) atoms. The average molecular weight is 304 g/mol. The van der Waals surface area contributed by atoms with Gasteiger partial charge < -0.3 is 4.74 Å². The van der Waals surface area contributed by atoms with Gasteiger partial charge in [0.1, 0.15) is 11.3 Å². The average Bonchev–Trinajstić information content (AvgIpc) is 2.47. The number of benzene rings is 1. The first-order valence-corrected chi connectivity index (χ1v) is 8.45. The second kappa shape index (κ2) is 7.20. The summed E-state index contributed by atoms with van der Waals surface area (Å²) >= 11 is 1.84. The number of thioether (sulfide) groups is 1. The summed E-state index contributed by atoms with van der Waals surface area (Å²) < 4.78 is 5.43. The molecule has 2 rings (SSSR count). The summed E-state index contributed by atoms with van der Waals surface area (Å²) in [5.74, 6) is 0.924. The standard InChI is InChI=1S/C17H24N2OS/c1-13(2)19-17(12-18)10-6-7-14(11-17)21-16-9-5-4-8-15(16)20-3/h4-5,8-9,13-14,19H,6-7,10-11H2,1-3H3. The van der Waals surface area contributed by atoms with Gasteiger partial charge >= 0.3 is 0 Å². The number of hydrogen-bond donors (Lipinski definition) is 1. The highest BCUT2D eigenvalue weighted by Gasteiger charge is 2.37. The quantitative estimate of drug-likeness (QED) is 0.893. The number of rotatable bonds is 5. The third-order valence-corrected chi connectivity index (χ3v) is 5.17. The highest BCUT2D eigenvalue weighted by Crippen LogP contribution is 2.41. The van der Waals surface area contributed by atoms with Gasteiger partial charge in [-0.2, -0.15) is 5.26 Å². The van der Waals surface area contributed by atoms with Crippen molar-refractivity contribution in [1.29, 1.82) is 5.26 Å². The Kier molecular flexibility index (Phi) is 5.55. The van der Waals surface area contributed by atoms with E-state index in [4.69, 9.17) is 4.74 Å². The summed E-state index contributed by atoms with van der Waals surface area (Å²) in [7, 11) is 1.71. The maximum Gasteiger partial charge on any atom is 0.132 e. The van der Waals surface area contributed by atoms with Crippen molar-refractivity contribution in [1.82, 2.24) is 5.32 Å². The molecule has 0 spiro atoms. The van der Waals surface area contributed by atoms with E-state index in [9.17, 15) is 5.26 Å². The SMILES string of the molecule is COc1ccccc1SC1CCCC(C#N)(NC(C)C)C1. The lowest BCUT2D eigenvalue weighted by atomic mass is 9.82. The van der Waals surface area contributed by atoms with E-state index in [1.54, 1.807) is 7.11 Å². The van der Waals surface area contributed by atoms with Crippen molar-refractivity contribution in [2.24, 2.45) is 0 Å². The minimum atomic E-state index is -0.369. The van der Waals surface area contributed by atoms with Gasteiger partial charge in [-0.25, -0.2) is 0 Å². The number of ether oxygens (including phenoxy) is 1. The van der Waals surface area contributed by atoms with Gasteiger partial charge in [-0.1, -0.05) is 12.1 Å². The highest BCUT2D eigenvalue weighted by atomic mass is 32.2. The smallest absolute Gasteiger partial charge is 0.132 e. The van der Waals surface area contributed by atoms with Gasteiger partial charge in [-0.15, -0.1) is 11.8 Å². The van der Waals surface area contributed by atoms with Crippen LogP contribution in [0, 0.1) is 11.3 Å². The number of hydrogen-bond acceptors (Lipinski definition) is 4. The van der Waals surface area contributed by atoms with Crippen molar-refractivity contribution >= 4 is 11.8 Å². The minimum absolute atomic E-state index is 0.333. The second-order valence-electron chi connectivity index (χ2n) is 5.98. The third-order valence-electron chi connectivity index (χ3n) is 3.85. The molecule has 1 fully saturated rings. The van der Waals surface area contributed by atoms with Crippen LogP contribution in [0.3, 0.4) is 0 Å². The van der Waals surface area contributed by atoms with Gasteiger partial charge in [0.25, 0.3) is 0 Å². The van der Waals surface area contributed by atoms with Crippen LogP contribution in [0.25, 0.3) is 0 Å². The monoisotopic (exact) mass is 304 g/mol.